The Bertz CT molecular complexity index is 654. The lowest BCUT2D eigenvalue weighted by Gasteiger charge is -2.23. The van der Waals surface area contributed by atoms with Crippen LogP contribution in [0.1, 0.15) is 28.8 Å². The average molecular weight is 283 g/mol. The van der Waals surface area contributed by atoms with E-state index >= 15 is 0 Å². The van der Waals surface area contributed by atoms with Gasteiger partial charge in [-0.1, -0.05) is 6.07 Å². The lowest BCUT2D eigenvalue weighted by molar-refractivity contribution is 0.0727. The summed E-state index contributed by atoms with van der Waals surface area (Å²) in [5.41, 5.74) is 7.18. The van der Waals surface area contributed by atoms with Gasteiger partial charge in [0, 0.05) is 25.0 Å². The van der Waals surface area contributed by atoms with Crippen LogP contribution in [-0.2, 0) is 6.54 Å². The SMILES string of the molecule is Nc1cccc(C(=O)N(Cc2ccncc2)C2CC2)c1O. The topological polar surface area (TPSA) is 79.5 Å². The van der Waals surface area contributed by atoms with Gasteiger partial charge >= 0.3 is 0 Å². The second kappa shape index (κ2) is 5.44. The number of nitrogen functional groups attached to an aromatic ring is 1. The van der Waals surface area contributed by atoms with Crippen LogP contribution in [0.25, 0.3) is 0 Å². The third-order valence-corrected chi connectivity index (χ3v) is 3.65. The van der Waals surface area contributed by atoms with Crippen LogP contribution in [0.5, 0.6) is 5.75 Å². The molecule has 0 radical (unpaired) electrons. The lowest BCUT2D eigenvalue weighted by Crippen LogP contribution is -2.32. The Hall–Kier alpha value is -2.56. The number of carbonyl (C=O) groups excluding carboxylic acids is 1. The van der Waals surface area contributed by atoms with E-state index in [2.05, 4.69) is 4.98 Å². The molecule has 2 aromatic rings. The number of phenolic OH excluding ortho intramolecular Hbond substituents is 1. The number of carbonyl (C=O) groups is 1. The van der Waals surface area contributed by atoms with E-state index in [1.807, 2.05) is 12.1 Å². The Kier molecular flexibility index (Phi) is 3.48. The van der Waals surface area contributed by atoms with Gasteiger partial charge in [-0.3, -0.25) is 9.78 Å². The third-order valence-electron chi connectivity index (χ3n) is 3.65. The smallest absolute Gasteiger partial charge is 0.258 e. The first-order valence-electron chi connectivity index (χ1n) is 6.94. The fraction of sp³-hybridized carbons (Fsp3) is 0.250. The number of amides is 1. The molecule has 0 atom stereocenters. The third kappa shape index (κ3) is 2.81. The molecule has 1 saturated carbocycles. The number of phenols is 1. The number of hydrogen-bond donors (Lipinski definition) is 2. The Labute approximate surface area is 123 Å². The van der Waals surface area contributed by atoms with E-state index in [0.717, 1.165) is 18.4 Å². The molecule has 1 aliphatic rings. The van der Waals surface area contributed by atoms with Crippen molar-refractivity contribution in [1.29, 1.82) is 0 Å². The molecule has 1 aliphatic carbocycles. The molecular formula is C16H17N3O2. The summed E-state index contributed by atoms with van der Waals surface area (Å²) in [6.45, 7) is 0.514. The molecule has 1 fully saturated rings. The zero-order valence-electron chi connectivity index (χ0n) is 11.6. The Morgan fingerprint density at radius 2 is 2.00 bits per heavy atom. The summed E-state index contributed by atoms with van der Waals surface area (Å²) in [5, 5.41) is 10.0. The number of anilines is 1. The van der Waals surface area contributed by atoms with Gasteiger partial charge < -0.3 is 15.7 Å². The highest BCUT2D eigenvalue weighted by atomic mass is 16.3. The molecule has 5 heteroatoms. The highest BCUT2D eigenvalue weighted by Gasteiger charge is 2.34. The van der Waals surface area contributed by atoms with Gasteiger partial charge in [-0.05, 0) is 42.7 Å². The molecule has 1 aromatic carbocycles. The number of rotatable bonds is 4. The molecule has 1 amide bonds. The number of aromatic nitrogens is 1. The number of nitrogens with two attached hydrogens (primary N) is 1. The Morgan fingerprint density at radius 3 is 2.67 bits per heavy atom. The van der Waals surface area contributed by atoms with Crippen molar-refractivity contribution in [1.82, 2.24) is 9.88 Å². The highest BCUT2D eigenvalue weighted by molar-refractivity contribution is 5.98. The molecule has 0 bridgehead atoms. The highest BCUT2D eigenvalue weighted by Crippen LogP contribution is 2.33. The first-order valence-corrected chi connectivity index (χ1v) is 6.94. The maximum Gasteiger partial charge on any atom is 0.258 e. The first kappa shape index (κ1) is 13.4. The van der Waals surface area contributed by atoms with Gasteiger partial charge in [0.2, 0.25) is 0 Å². The number of aromatic hydroxyl groups is 1. The zero-order chi connectivity index (χ0) is 14.8. The maximum atomic E-state index is 12.7. The summed E-state index contributed by atoms with van der Waals surface area (Å²) in [7, 11) is 0. The lowest BCUT2D eigenvalue weighted by atomic mass is 10.1. The predicted octanol–water partition coefficient (Wildman–Crippen LogP) is 2.17. The second-order valence-corrected chi connectivity index (χ2v) is 5.26. The standard InChI is InChI=1S/C16H17N3O2/c17-14-3-1-2-13(15(14)20)16(21)19(12-4-5-12)10-11-6-8-18-9-7-11/h1-3,6-9,12,20H,4-5,10,17H2. The number of benzene rings is 1. The molecule has 0 saturated heterocycles. The van der Waals surface area contributed by atoms with E-state index < -0.39 is 0 Å². The summed E-state index contributed by atoms with van der Waals surface area (Å²) in [4.78, 5) is 18.5. The minimum Gasteiger partial charge on any atom is -0.505 e. The van der Waals surface area contributed by atoms with Crippen molar-refractivity contribution in [2.75, 3.05) is 5.73 Å². The number of hydrogen-bond acceptors (Lipinski definition) is 4. The van der Waals surface area contributed by atoms with Crippen molar-refractivity contribution >= 4 is 11.6 Å². The van der Waals surface area contributed by atoms with Crippen molar-refractivity contribution in [3.8, 4) is 5.75 Å². The molecule has 1 heterocycles. The molecule has 3 rings (SSSR count). The summed E-state index contributed by atoms with van der Waals surface area (Å²) >= 11 is 0. The van der Waals surface area contributed by atoms with E-state index in [4.69, 9.17) is 5.73 Å². The summed E-state index contributed by atoms with van der Waals surface area (Å²) in [6.07, 6.45) is 5.42. The van der Waals surface area contributed by atoms with Crippen molar-refractivity contribution in [3.05, 3.63) is 53.9 Å². The minimum atomic E-state index is -0.181. The number of para-hydroxylation sites is 1. The van der Waals surface area contributed by atoms with Crippen LogP contribution in [0.4, 0.5) is 5.69 Å². The van der Waals surface area contributed by atoms with Crippen LogP contribution < -0.4 is 5.73 Å². The molecule has 1 aromatic heterocycles. The van der Waals surface area contributed by atoms with Gasteiger partial charge in [0.15, 0.2) is 5.75 Å². The van der Waals surface area contributed by atoms with Gasteiger partial charge in [0.1, 0.15) is 0 Å². The van der Waals surface area contributed by atoms with Crippen LogP contribution in [-0.4, -0.2) is 26.9 Å². The molecule has 3 N–H and O–H groups in total. The minimum absolute atomic E-state index is 0.136. The van der Waals surface area contributed by atoms with Crippen LogP contribution in [0.2, 0.25) is 0 Å². The molecular weight excluding hydrogens is 266 g/mol. The van der Waals surface area contributed by atoms with Crippen molar-refractivity contribution in [3.63, 3.8) is 0 Å². The van der Waals surface area contributed by atoms with Crippen LogP contribution in [0, 0.1) is 0 Å². The van der Waals surface area contributed by atoms with Gasteiger partial charge in [0.05, 0.1) is 11.3 Å². The van der Waals surface area contributed by atoms with Gasteiger partial charge in [0.25, 0.3) is 5.91 Å². The van der Waals surface area contributed by atoms with E-state index in [0.29, 0.717) is 6.54 Å². The fourth-order valence-electron chi connectivity index (χ4n) is 2.33. The first-order chi connectivity index (χ1) is 10.2. The summed E-state index contributed by atoms with van der Waals surface area (Å²) in [6, 6.07) is 8.89. The molecule has 0 aliphatic heterocycles. The summed E-state index contributed by atoms with van der Waals surface area (Å²) < 4.78 is 0. The molecule has 108 valence electrons. The average Bonchev–Trinajstić information content (AvgIpc) is 3.33. The fourth-order valence-corrected chi connectivity index (χ4v) is 2.33. The largest absolute Gasteiger partial charge is 0.505 e. The molecule has 0 unspecified atom stereocenters. The van der Waals surface area contributed by atoms with Gasteiger partial charge in [-0.2, -0.15) is 0 Å². The normalized spacial score (nSPS) is 13.9. The predicted molar refractivity (Wildman–Crippen MR) is 79.7 cm³/mol. The molecule has 0 spiro atoms. The Balaban J connectivity index is 1.87. The van der Waals surface area contributed by atoms with Crippen LogP contribution in [0.3, 0.4) is 0 Å². The monoisotopic (exact) mass is 283 g/mol. The van der Waals surface area contributed by atoms with Gasteiger partial charge in [-0.25, -0.2) is 0 Å². The van der Waals surface area contributed by atoms with Crippen molar-refractivity contribution in [2.45, 2.75) is 25.4 Å². The zero-order valence-corrected chi connectivity index (χ0v) is 11.6. The van der Waals surface area contributed by atoms with Crippen molar-refractivity contribution < 1.29 is 9.90 Å². The van der Waals surface area contributed by atoms with E-state index in [1.165, 1.54) is 0 Å². The number of nitrogens with zero attached hydrogens (tertiary/aromatic N) is 2. The van der Waals surface area contributed by atoms with E-state index in [-0.39, 0.29) is 28.9 Å². The van der Waals surface area contributed by atoms with Crippen LogP contribution >= 0.6 is 0 Å². The quantitative estimate of drug-likeness (QED) is 0.665. The van der Waals surface area contributed by atoms with Crippen molar-refractivity contribution in [2.24, 2.45) is 0 Å². The van der Waals surface area contributed by atoms with E-state index in [9.17, 15) is 9.90 Å². The summed E-state index contributed by atoms with van der Waals surface area (Å²) in [5.74, 6) is -0.318. The van der Waals surface area contributed by atoms with Crippen LogP contribution in [0.15, 0.2) is 42.7 Å². The maximum absolute atomic E-state index is 12.7. The molecule has 21 heavy (non-hydrogen) atoms. The second-order valence-electron chi connectivity index (χ2n) is 5.26. The Morgan fingerprint density at radius 1 is 1.29 bits per heavy atom. The van der Waals surface area contributed by atoms with E-state index in [1.54, 1.807) is 35.5 Å². The van der Waals surface area contributed by atoms with Gasteiger partial charge in [-0.15, -0.1) is 0 Å². The molecule has 5 nitrogen and oxygen atoms in total. The number of pyridine rings is 1.